The quantitative estimate of drug-likeness (QED) is 0.0292. The molecule has 0 saturated heterocycles. The summed E-state index contributed by atoms with van der Waals surface area (Å²) in [5, 5.41) is 25.1. The number of ether oxygens (including phenoxy) is 2. The van der Waals surface area contributed by atoms with Crippen LogP contribution in [0.5, 0.6) is 11.5 Å². The maximum atomic E-state index is 13.3. The number of Topliss-reactive ketones (excluding diaryl/α,β-unsaturated/α-hetero) is 1. The van der Waals surface area contributed by atoms with Gasteiger partial charge in [-0.2, -0.15) is 0 Å². The van der Waals surface area contributed by atoms with E-state index in [2.05, 4.69) is 115 Å². The summed E-state index contributed by atoms with van der Waals surface area (Å²) in [6.45, 7) is 6.20. The summed E-state index contributed by atoms with van der Waals surface area (Å²) >= 11 is 0. The van der Waals surface area contributed by atoms with Crippen LogP contribution < -0.4 is 9.47 Å². The van der Waals surface area contributed by atoms with Gasteiger partial charge in [-0.15, -0.1) is 0 Å². The number of nitrogens with zero attached hydrogens (tertiary/aromatic N) is 3. The molecule has 0 aliphatic carbocycles. The first-order valence-corrected chi connectivity index (χ1v) is 40.0. The SMILES string of the molecule is CC(=O)CCCCC(Cc1ccc(CC(=O)N(C)CCc2ccccc2)c2ccccc12)c1ccccc1.CC/C(=C\c1cc(CC(=O)N(C)CCc2ccccc2)c2cccc(OCc3ccccc3)c2c1)C(=O)O.CN(CCc1ccccc1)C(=O)Cc1cc(C(=O)O)cc2cc(OCc3ccc(-c4ccccc4)cc3)ccc12. The number of amides is 3. The van der Waals surface area contributed by atoms with Gasteiger partial charge in [0, 0.05) is 58.2 Å². The van der Waals surface area contributed by atoms with Crippen molar-refractivity contribution >= 4 is 73.8 Å². The molecule has 13 heteroatoms. The van der Waals surface area contributed by atoms with Gasteiger partial charge in [0.2, 0.25) is 17.7 Å². The van der Waals surface area contributed by atoms with Crippen LogP contribution in [0.25, 0.3) is 49.5 Å². The highest BCUT2D eigenvalue weighted by molar-refractivity contribution is 6.00. The number of likely N-dealkylation sites (N-methyl/N-ethyl adjacent to an activating group) is 3. The number of hydrogen-bond donors (Lipinski definition) is 2. The van der Waals surface area contributed by atoms with Crippen molar-refractivity contribution in [2.45, 2.75) is 110 Å². The van der Waals surface area contributed by atoms with Crippen molar-refractivity contribution in [2.75, 3.05) is 40.8 Å². The second-order valence-electron chi connectivity index (χ2n) is 29.7. The van der Waals surface area contributed by atoms with Gasteiger partial charge in [-0.05, 0) is 200 Å². The van der Waals surface area contributed by atoms with E-state index in [1.165, 1.54) is 38.6 Å². The van der Waals surface area contributed by atoms with Gasteiger partial charge in [0.15, 0.2) is 0 Å². The second kappa shape index (κ2) is 42.8. The van der Waals surface area contributed by atoms with E-state index in [4.69, 9.17) is 9.47 Å². The lowest BCUT2D eigenvalue weighted by molar-refractivity contribution is -0.133. The second-order valence-corrected chi connectivity index (χ2v) is 29.7. The van der Waals surface area contributed by atoms with Gasteiger partial charge in [-0.3, -0.25) is 14.4 Å². The molecule has 1 atom stereocenters. The molecule has 3 amide bonds. The predicted molar refractivity (Wildman–Crippen MR) is 468 cm³/mol. The van der Waals surface area contributed by atoms with Crippen LogP contribution in [0, 0.1) is 0 Å². The van der Waals surface area contributed by atoms with E-state index in [1.807, 2.05) is 202 Å². The van der Waals surface area contributed by atoms with Crippen molar-refractivity contribution in [3.8, 4) is 22.6 Å². The Morgan fingerprint density at radius 2 is 0.862 bits per heavy atom. The van der Waals surface area contributed by atoms with Gasteiger partial charge in [0.1, 0.15) is 30.5 Å². The number of ketones is 1. The molecule has 0 saturated carbocycles. The highest BCUT2D eigenvalue weighted by Gasteiger charge is 2.21. The third-order valence-corrected chi connectivity index (χ3v) is 21.2. The molecule has 0 bridgehead atoms. The summed E-state index contributed by atoms with van der Waals surface area (Å²) in [6.07, 6.45) is 9.85. The summed E-state index contributed by atoms with van der Waals surface area (Å²) in [5.74, 6) is 0.113. The molecule has 2 N–H and O–H groups in total. The van der Waals surface area contributed by atoms with Crippen LogP contribution in [0.1, 0.15) is 123 Å². The smallest absolute Gasteiger partial charge is 0.335 e. The monoisotopic (exact) mass is 1540 g/mol. The Morgan fingerprint density at radius 3 is 1.40 bits per heavy atom. The molecule has 13 aromatic rings. The Balaban J connectivity index is 0.000000171. The van der Waals surface area contributed by atoms with Crippen LogP contribution in [0.3, 0.4) is 0 Å². The zero-order valence-electron chi connectivity index (χ0n) is 67.0. The number of carboxylic acids is 2. The summed E-state index contributed by atoms with van der Waals surface area (Å²) < 4.78 is 12.3. The maximum absolute atomic E-state index is 13.3. The number of benzene rings is 13. The standard InChI is InChI=1S/C35H31NO4.C35H39NO2.C33H33NO4/c1-36(19-18-25-8-4-2-5-9-25)34(37)23-30-21-31(35(38)39)20-29-22-32(16-17-33(29)30)40-24-26-12-14-28(15-13-26)27-10-6-3-7-11-27;1-27(37)13-9-10-18-30(29-16-7-4-8-17-29)25-31-21-22-32(34-20-12-11-19-33(31)34)26-35(38)36(2)24-23-28-14-5-3-6-15-28;1-3-27(33(36)37)19-26-20-28(22-32(35)34(2)18-17-24-11-6-4-7-12-24)29-15-10-16-31(30(29)21-26)38-23-25-13-8-5-9-14-25/h2-17,20-22H,18-19,23-24H2,1H3,(H,38,39);3-8,11-12,14-17,19-22,30H,9-10,13,18,23-26H2,1-2H3;4-16,19-21H,3,17-18,22-23H2,1-2H3,(H,36,37)/b;;27-19+. The zero-order chi connectivity index (χ0) is 81.6. The number of aliphatic carboxylic acids is 1. The molecule has 13 aromatic carbocycles. The molecule has 0 aliphatic heterocycles. The number of rotatable bonds is 34. The Hall–Kier alpha value is -13.0. The number of aromatic carboxylic acids is 1. The van der Waals surface area contributed by atoms with E-state index >= 15 is 0 Å². The van der Waals surface area contributed by atoms with Gasteiger partial charge in [0.05, 0.1) is 24.8 Å². The fraction of sp³-hybridized carbons (Fsp3) is 0.223. The summed E-state index contributed by atoms with van der Waals surface area (Å²) in [7, 11) is 5.51. The average molecular weight is 1540 g/mol. The van der Waals surface area contributed by atoms with Crippen molar-refractivity contribution < 1.29 is 48.5 Å². The fourth-order valence-corrected chi connectivity index (χ4v) is 14.4. The minimum Gasteiger partial charge on any atom is -0.489 e. The predicted octanol–water partition coefficient (Wildman–Crippen LogP) is 21.1. The van der Waals surface area contributed by atoms with Gasteiger partial charge in [-0.1, -0.05) is 280 Å². The largest absolute Gasteiger partial charge is 0.489 e. The van der Waals surface area contributed by atoms with Gasteiger partial charge in [0.25, 0.3) is 0 Å². The van der Waals surface area contributed by atoms with E-state index in [0.29, 0.717) is 80.7 Å². The summed E-state index contributed by atoms with van der Waals surface area (Å²) in [4.78, 5) is 79.7. The van der Waals surface area contributed by atoms with Gasteiger partial charge < -0.3 is 39.2 Å². The minimum atomic E-state index is -1.03. The van der Waals surface area contributed by atoms with Crippen LogP contribution in [-0.4, -0.2) is 101 Å². The number of carbonyl (C=O) groups excluding carboxylic acids is 4. The first-order valence-electron chi connectivity index (χ1n) is 40.0. The topological polar surface area (TPSA) is 171 Å². The molecule has 116 heavy (non-hydrogen) atoms. The molecule has 13 rings (SSSR count). The Bertz CT molecular complexity index is 5450. The number of carboxylic acid groups (broad SMARTS) is 2. The minimum absolute atomic E-state index is 0.00733. The average Bonchev–Trinajstić information content (AvgIpc) is 0.793. The number of unbranched alkanes of at least 4 members (excludes halogenated alkanes) is 1. The molecule has 0 heterocycles. The highest BCUT2D eigenvalue weighted by Crippen LogP contribution is 2.35. The summed E-state index contributed by atoms with van der Waals surface area (Å²) in [5.41, 5.74) is 14.5. The number of carbonyl (C=O) groups is 6. The molecular weight excluding hydrogens is 1440 g/mol. The van der Waals surface area contributed by atoms with Crippen LogP contribution in [0.2, 0.25) is 0 Å². The molecule has 590 valence electrons. The number of fused-ring (bicyclic) bond motifs is 3. The van der Waals surface area contributed by atoms with Crippen molar-refractivity contribution in [1.29, 1.82) is 0 Å². The lowest BCUT2D eigenvalue weighted by Gasteiger charge is -2.21. The molecule has 0 aliphatic rings. The maximum Gasteiger partial charge on any atom is 0.335 e. The Morgan fingerprint density at radius 1 is 0.405 bits per heavy atom. The van der Waals surface area contributed by atoms with E-state index in [1.54, 1.807) is 42.0 Å². The van der Waals surface area contributed by atoms with Crippen molar-refractivity contribution in [1.82, 2.24) is 14.7 Å². The van der Waals surface area contributed by atoms with Crippen LogP contribution in [-0.2, 0) is 82.1 Å². The molecule has 1 unspecified atom stereocenters. The summed E-state index contributed by atoms with van der Waals surface area (Å²) in [6, 6.07) is 101. The first-order chi connectivity index (χ1) is 56.4. The Labute approximate surface area is 682 Å². The number of hydrogen-bond acceptors (Lipinski definition) is 8. The van der Waals surface area contributed by atoms with E-state index < -0.39 is 11.9 Å². The van der Waals surface area contributed by atoms with Gasteiger partial charge in [-0.25, -0.2) is 9.59 Å². The first kappa shape index (κ1) is 83.9. The molecule has 13 nitrogen and oxygen atoms in total. The molecule has 0 aromatic heterocycles. The highest BCUT2D eigenvalue weighted by atomic mass is 16.5. The fourth-order valence-electron chi connectivity index (χ4n) is 14.4. The van der Waals surface area contributed by atoms with E-state index in [9.17, 15) is 39.0 Å². The Kier molecular flexibility index (Phi) is 30.9. The van der Waals surface area contributed by atoms with Crippen LogP contribution in [0.4, 0.5) is 0 Å². The van der Waals surface area contributed by atoms with Gasteiger partial charge >= 0.3 is 11.9 Å². The van der Waals surface area contributed by atoms with Crippen molar-refractivity contribution in [3.05, 3.63) is 376 Å². The third kappa shape index (κ3) is 24.8. The molecule has 0 fully saturated rings. The van der Waals surface area contributed by atoms with Crippen molar-refractivity contribution in [3.63, 3.8) is 0 Å². The van der Waals surface area contributed by atoms with Crippen LogP contribution >= 0.6 is 0 Å². The molecule has 0 radical (unpaired) electrons. The normalized spacial score (nSPS) is 11.3. The van der Waals surface area contributed by atoms with E-state index in [0.717, 1.165) is 105 Å². The lowest BCUT2D eigenvalue weighted by Crippen LogP contribution is -2.30. The molecular formula is C103H103N3O10. The van der Waals surface area contributed by atoms with Crippen molar-refractivity contribution in [2.24, 2.45) is 0 Å². The van der Waals surface area contributed by atoms with E-state index in [-0.39, 0.29) is 41.9 Å². The van der Waals surface area contributed by atoms with Crippen LogP contribution in [0.15, 0.2) is 309 Å². The molecule has 0 spiro atoms. The third-order valence-electron chi connectivity index (χ3n) is 21.2. The lowest BCUT2D eigenvalue weighted by atomic mass is 9.85. The zero-order valence-corrected chi connectivity index (χ0v) is 67.0.